The second-order valence-electron chi connectivity index (χ2n) is 12.0. The van der Waals surface area contributed by atoms with Crippen molar-refractivity contribution in [2.75, 3.05) is 32.7 Å². The molecule has 4 aromatic carbocycles. The average molecular weight is 719 g/mol. The molecule has 1 heterocycles. The van der Waals surface area contributed by atoms with Crippen LogP contribution in [0.15, 0.2) is 66.7 Å². The van der Waals surface area contributed by atoms with E-state index in [1.807, 2.05) is 60.7 Å². The molecule has 4 aromatic rings. The van der Waals surface area contributed by atoms with E-state index in [4.69, 9.17) is 38.1 Å². The van der Waals surface area contributed by atoms with Crippen molar-refractivity contribution in [1.82, 2.24) is 16.0 Å². The highest BCUT2D eigenvalue weighted by Gasteiger charge is 2.21. The van der Waals surface area contributed by atoms with E-state index in [0.29, 0.717) is 53.7 Å². The van der Waals surface area contributed by atoms with E-state index in [1.54, 1.807) is 20.3 Å². The number of carbonyl (C=O) groups is 2. The number of rotatable bonds is 17. The highest BCUT2D eigenvalue weighted by Crippen LogP contribution is 2.40. The third kappa shape index (κ3) is 8.64. The molecule has 0 spiro atoms. The summed E-state index contributed by atoms with van der Waals surface area (Å²) in [7, 11) is 3.20. The molecule has 262 valence electrons. The maximum Gasteiger partial charge on any atom is 0.220 e. The second-order valence-corrected chi connectivity index (χ2v) is 12.7. The molecular weight excluding hydrogens is 677 g/mol. The van der Waals surface area contributed by atoms with Crippen LogP contribution in [-0.4, -0.2) is 63.0 Å². The quantitative estimate of drug-likeness (QED) is 0.0579. The standard InChI is InChI=1S/C38H41Cl2N5O5/c1-49-35-14-23(9-10-24(35)17-42-20-27-11-12-37(48)45-27)29-5-3-7-31(38(29)40)30-6-4-8-34(32(30)16-41)44-18-25-15-36(50-2)26(13-33(25)39)19-43-28(21-46)22-47/h3-10,13-16,21,27-28,41-44,47H,11-12,17-20,22H2,1-2H3,(H,45,48). The lowest BCUT2D eigenvalue weighted by Gasteiger charge is -2.18. The SMILES string of the molecule is COc1cc(-c2cccc(-c3cccc(NCc4cc(OC)c(CNC(C=O)CO)cc4Cl)c3C=N)c2Cl)ccc1CNCC1CCC(=O)N1. The van der Waals surface area contributed by atoms with Gasteiger partial charge in [0.1, 0.15) is 17.8 Å². The fourth-order valence-corrected chi connectivity index (χ4v) is 6.62. The lowest BCUT2D eigenvalue weighted by molar-refractivity contribution is -0.119. The Morgan fingerprint density at radius 2 is 1.68 bits per heavy atom. The van der Waals surface area contributed by atoms with Gasteiger partial charge in [0.05, 0.1) is 31.9 Å². The van der Waals surface area contributed by atoms with Crippen LogP contribution in [0.5, 0.6) is 11.5 Å². The average Bonchev–Trinajstić information content (AvgIpc) is 3.56. The summed E-state index contributed by atoms with van der Waals surface area (Å²) < 4.78 is 11.3. The highest BCUT2D eigenvalue weighted by molar-refractivity contribution is 6.36. The minimum atomic E-state index is -0.684. The monoisotopic (exact) mass is 717 g/mol. The first-order valence-electron chi connectivity index (χ1n) is 16.3. The fraction of sp³-hybridized carbons (Fsp3) is 0.289. The molecule has 1 aliphatic rings. The lowest BCUT2D eigenvalue weighted by Crippen LogP contribution is -2.35. The molecule has 50 heavy (non-hydrogen) atoms. The van der Waals surface area contributed by atoms with Crippen molar-refractivity contribution in [3.8, 4) is 33.8 Å². The number of aliphatic hydroxyl groups excluding tert-OH is 1. The van der Waals surface area contributed by atoms with Crippen molar-refractivity contribution in [2.24, 2.45) is 0 Å². The van der Waals surface area contributed by atoms with Gasteiger partial charge in [0.15, 0.2) is 0 Å². The molecule has 0 aromatic heterocycles. The fourth-order valence-electron chi connectivity index (χ4n) is 6.03. The van der Waals surface area contributed by atoms with Crippen molar-refractivity contribution < 1.29 is 24.2 Å². The topological polar surface area (TPSA) is 145 Å². The number of methoxy groups -OCH3 is 2. The van der Waals surface area contributed by atoms with Gasteiger partial charge in [-0.2, -0.15) is 0 Å². The number of hydrogen-bond donors (Lipinski definition) is 6. The van der Waals surface area contributed by atoms with Crippen LogP contribution in [0.25, 0.3) is 22.3 Å². The summed E-state index contributed by atoms with van der Waals surface area (Å²) in [4.78, 5) is 22.6. The molecule has 5 rings (SSSR count). The minimum absolute atomic E-state index is 0.0993. The molecule has 1 amide bonds. The van der Waals surface area contributed by atoms with E-state index in [1.165, 1.54) is 6.21 Å². The molecule has 10 nitrogen and oxygen atoms in total. The summed E-state index contributed by atoms with van der Waals surface area (Å²) in [5.41, 5.74) is 7.21. The predicted molar refractivity (Wildman–Crippen MR) is 199 cm³/mol. The van der Waals surface area contributed by atoms with E-state index >= 15 is 0 Å². The van der Waals surface area contributed by atoms with Gasteiger partial charge in [-0.1, -0.05) is 65.7 Å². The number of aliphatic hydroxyl groups is 1. The first-order valence-corrected chi connectivity index (χ1v) is 17.0. The number of benzene rings is 4. The normalized spacial score (nSPS) is 14.6. The summed E-state index contributed by atoms with van der Waals surface area (Å²) in [5, 5.41) is 31.5. The van der Waals surface area contributed by atoms with Gasteiger partial charge in [0.2, 0.25) is 5.91 Å². The zero-order chi connectivity index (χ0) is 35.6. The zero-order valence-electron chi connectivity index (χ0n) is 27.9. The number of aldehydes is 1. The molecular formula is C38H41Cl2N5O5. The van der Waals surface area contributed by atoms with Gasteiger partial charge in [-0.15, -0.1) is 0 Å². The molecule has 0 saturated carbocycles. The second kappa shape index (κ2) is 17.5. The molecule has 6 N–H and O–H groups in total. The summed E-state index contributed by atoms with van der Waals surface area (Å²) in [6.07, 6.45) is 3.37. The number of halogens is 2. The number of hydrogen-bond acceptors (Lipinski definition) is 9. The summed E-state index contributed by atoms with van der Waals surface area (Å²) in [6, 6.07) is 20.7. The van der Waals surface area contributed by atoms with Crippen LogP contribution in [0.4, 0.5) is 5.69 Å². The van der Waals surface area contributed by atoms with Gasteiger partial charge in [0.25, 0.3) is 0 Å². The van der Waals surface area contributed by atoms with Crippen LogP contribution in [0.2, 0.25) is 10.0 Å². The Balaban J connectivity index is 1.35. The Labute approximate surface area is 302 Å². The Morgan fingerprint density at radius 1 is 0.940 bits per heavy atom. The van der Waals surface area contributed by atoms with Gasteiger partial charge in [-0.25, -0.2) is 0 Å². The van der Waals surface area contributed by atoms with Crippen LogP contribution >= 0.6 is 23.2 Å². The van der Waals surface area contributed by atoms with Crippen molar-refractivity contribution in [2.45, 2.75) is 44.6 Å². The number of anilines is 1. The molecule has 1 fully saturated rings. The summed E-state index contributed by atoms with van der Waals surface area (Å²) in [6.45, 7) is 1.62. The van der Waals surface area contributed by atoms with E-state index in [0.717, 1.165) is 56.8 Å². The smallest absolute Gasteiger partial charge is 0.220 e. The summed E-state index contributed by atoms with van der Waals surface area (Å²) >= 11 is 13.8. The third-order valence-corrected chi connectivity index (χ3v) is 9.52. The Morgan fingerprint density at radius 3 is 2.38 bits per heavy atom. The van der Waals surface area contributed by atoms with Crippen LogP contribution in [0.1, 0.15) is 35.1 Å². The Bertz CT molecular complexity index is 1850. The Kier molecular flexibility index (Phi) is 12.9. The molecule has 1 saturated heterocycles. The largest absolute Gasteiger partial charge is 0.496 e. The van der Waals surface area contributed by atoms with Gasteiger partial charge >= 0.3 is 0 Å². The van der Waals surface area contributed by atoms with E-state index in [9.17, 15) is 14.7 Å². The zero-order valence-corrected chi connectivity index (χ0v) is 29.5. The molecule has 0 bridgehead atoms. The number of amides is 1. The van der Waals surface area contributed by atoms with Crippen molar-refractivity contribution in [1.29, 1.82) is 5.41 Å². The molecule has 2 atom stereocenters. The number of ether oxygens (including phenoxy) is 2. The number of carbonyl (C=O) groups excluding carboxylic acids is 2. The van der Waals surface area contributed by atoms with Crippen molar-refractivity contribution >= 4 is 47.3 Å². The molecule has 0 radical (unpaired) electrons. The lowest BCUT2D eigenvalue weighted by atomic mass is 9.94. The van der Waals surface area contributed by atoms with Crippen LogP contribution < -0.4 is 30.7 Å². The predicted octanol–water partition coefficient (Wildman–Crippen LogP) is 5.97. The number of nitrogens with one attached hydrogen (secondary N) is 5. The van der Waals surface area contributed by atoms with Crippen LogP contribution in [0, 0.1) is 5.41 Å². The van der Waals surface area contributed by atoms with Gasteiger partial charge in [-0.05, 0) is 47.4 Å². The van der Waals surface area contributed by atoms with Crippen molar-refractivity contribution in [3.63, 3.8) is 0 Å². The first kappa shape index (κ1) is 36.8. The third-order valence-electron chi connectivity index (χ3n) is 8.76. The molecule has 2 unspecified atom stereocenters. The highest BCUT2D eigenvalue weighted by atomic mass is 35.5. The van der Waals surface area contributed by atoms with E-state index in [2.05, 4.69) is 21.3 Å². The maximum atomic E-state index is 11.5. The molecule has 1 aliphatic heterocycles. The van der Waals surface area contributed by atoms with Gasteiger partial charge < -0.3 is 46.1 Å². The van der Waals surface area contributed by atoms with Gasteiger partial charge in [0, 0.05) is 83.4 Å². The molecule has 12 heteroatoms. The maximum absolute atomic E-state index is 11.5. The molecule has 0 aliphatic carbocycles. The van der Waals surface area contributed by atoms with Gasteiger partial charge in [-0.3, -0.25) is 4.79 Å². The van der Waals surface area contributed by atoms with Crippen molar-refractivity contribution in [3.05, 3.63) is 99.0 Å². The summed E-state index contributed by atoms with van der Waals surface area (Å²) in [5.74, 6) is 1.42. The minimum Gasteiger partial charge on any atom is -0.496 e. The first-order chi connectivity index (χ1) is 24.3. The Hall–Kier alpha value is -4.45. The van der Waals surface area contributed by atoms with E-state index < -0.39 is 6.04 Å². The van der Waals surface area contributed by atoms with Crippen LogP contribution in [0.3, 0.4) is 0 Å². The van der Waals surface area contributed by atoms with Crippen LogP contribution in [-0.2, 0) is 29.2 Å². The van der Waals surface area contributed by atoms with E-state index in [-0.39, 0.29) is 25.1 Å².